The molecule has 166 valence electrons. The van der Waals surface area contributed by atoms with E-state index >= 15 is 0 Å². The minimum atomic E-state index is -2.05. The van der Waals surface area contributed by atoms with Crippen LogP contribution in [0.15, 0.2) is 47.1 Å². The fourth-order valence-corrected chi connectivity index (χ4v) is 2.64. The molecule has 8 nitrogen and oxygen atoms in total. The number of aliphatic hydroxyl groups is 1. The van der Waals surface area contributed by atoms with Crippen molar-refractivity contribution in [2.45, 2.75) is 58.8 Å². The quantitative estimate of drug-likeness (QED) is 0.553. The third kappa shape index (κ3) is 6.59. The highest BCUT2D eigenvalue weighted by Crippen LogP contribution is 2.25. The zero-order valence-electron chi connectivity index (χ0n) is 18.6. The number of hydrogen-bond acceptors (Lipinski definition) is 7. The molecule has 8 heteroatoms. The van der Waals surface area contributed by atoms with E-state index in [1.54, 1.807) is 52.0 Å². The van der Waals surface area contributed by atoms with Crippen LogP contribution < -0.4 is 5.43 Å². The van der Waals surface area contributed by atoms with Crippen molar-refractivity contribution >= 4 is 17.9 Å². The summed E-state index contributed by atoms with van der Waals surface area (Å²) in [6, 6.07) is 8.82. The highest BCUT2D eigenvalue weighted by molar-refractivity contribution is 6.05. The molecule has 0 aliphatic carbocycles. The van der Waals surface area contributed by atoms with Gasteiger partial charge in [-0.05, 0) is 40.0 Å². The molecule has 0 saturated carbocycles. The fraction of sp³-hybridized carbons (Fsp3) is 0.435. The number of hydrazine groups is 1. The van der Waals surface area contributed by atoms with Gasteiger partial charge in [0.1, 0.15) is 5.60 Å². The molecule has 0 saturated heterocycles. The Bertz CT molecular complexity index is 922. The normalized spacial score (nSPS) is 18.2. The Kier molecular flexibility index (Phi) is 7.83. The topological polar surface area (TPSA) is 100 Å². The lowest BCUT2D eigenvalue weighted by molar-refractivity contribution is -0.138. The fourth-order valence-electron chi connectivity index (χ4n) is 2.64. The van der Waals surface area contributed by atoms with E-state index in [-0.39, 0.29) is 18.1 Å². The summed E-state index contributed by atoms with van der Waals surface area (Å²) in [5.41, 5.74) is 0.140. The zero-order chi connectivity index (χ0) is 23.1. The van der Waals surface area contributed by atoms with Gasteiger partial charge in [0.2, 0.25) is 5.72 Å². The number of nitrogens with one attached hydrogen (secondary N) is 1. The van der Waals surface area contributed by atoms with Gasteiger partial charge in [-0.3, -0.25) is 0 Å². The Morgan fingerprint density at radius 2 is 1.90 bits per heavy atom. The molecule has 0 fully saturated rings. The molecule has 1 amide bonds. The average molecular weight is 428 g/mol. The summed E-state index contributed by atoms with van der Waals surface area (Å²) in [6.07, 6.45) is 1.65. The van der Waals surface area contributed by atoms with Crippen LogP contribution in [0.1, 0.15) is 53.0 Å². The van der Waals surface area contributed by atoms with E-state index in [1.807, 2.05) is 13.0 Å². The van der Waals surface area contributed by atoms with Crippen LogP contribution in [0.25, 0.3) is 0 Å². The summed E-state index contributed by atoms with van der Waals surface area (Å²) in [6.45, 7) is 8.94. The molecule has 31 heavy (non-hydrogen) atoms. The molecule has 0 spiro atoms. The van der Waals surface area contributed by atoms with Gasteiger partial charge in [0.05, 0.1) is 6.61 Å². The van der Waals surface area contributed by atoms with Crippen LogP contribution in [-0.4, -0.2) is 45.9 Å². The van der Waals surface area contributed by atoms with Gasteiger partial charge in [-0.2, -0.15) is 0 Å². The number of amidine groups is 1. The summed E-state index contributed by atoms with van der Waals surface area (Å²) >= 11 is 0. The smallest absolute Gasteiger partial charge is 0.426 e. The first-order valence-corrected chi connectivity index (χ1v) is 10.2. The van der Waals surface area contributed by atoms with Gasteiger partial charge in [-0.25, -0.2) is 25.0 Å². The molecule has 1 heterocycles. The Labute approximate surface area is 182 Å². The molecule has 1 aromatic rings. The highest BCUT2D eigenvalue weighted by Gasteiger charge is 2.41. The predicted molar refractivity (Wildman–Crippen MR) is 117 cm³/mol. The number of esters is 1. The van der Waals surface area contributed by atoms with Gasteiger partial charge >= 0.3 is 12.1 Å². The lowest BCUT2D eigenvalue weighted by Gasteiger charge is -2.38. The van der Waals surface area contributed by atoms with Crippen molar-refractivity contribution in [3.8, 4) is 11.8 Å². The molecule has 1 aliphatic rings. The molecule has 0 bridgehead atoms. The molecule has 1 aromatic carbocycles. The van der Waals surface area contributed by atoms with Gasteiger partial charge in [0, 0.05) is 18.1 Å². The SMILES string of the molecule is CCCC#CC1(O)C=C(C(=O)OCC)N=C(c2ccccc2)N1NC(=O)OC(C)(C)C. The second-order valence-electron chi connectivity index (χ2n) is 7.78. The van der Waals surface area contributed by atoms with E-state index in [1.165, 1.54) is 0 Å². The van der Waals surface area contributed by atoms with Crippen molar-refractivity contribution in [2.75, 3.05) is 6.61 Å². The molecule has 0 radical (unpaired) electrons. The lowest BCUT2D eigenvalue weighted by Crippen LogP contribution is -2.61. The van der Waals surface area contributed by atoms with E-state index in [0.717, 1.165) is 17.5 Å². The number of nitrogens with zero attached hydrogens (tertiary/aromatic N) is 2. The Morgan fingerprint density at radius 1 is 1.23 bits per heavy atom. The number of carbonyl (C=O) groups excluding carboxylic acids is 2. The molecule has 2 N–H and O–H groups in total. The van der Waals surface area contributed by atoms with Crippen molar-refractivity contribution in [3.05, 3.63) is 47.7 Å². The second kappa shape index (κ2) is 10.1. The molecule has 0 aromatic heterocycles. The predicted octanol–water partition coefficient (Wildman–Crippen LogP) is 3.13. The summed E-state index contributed by atoms with van der Waals surface area (Å²) in [5, 5.41) is 12.5. The number of unbranched alkanes of at least 4 members (excludes halogenated alkanes) is 1. The number of hydrogen-bond donors (Lipinski definition) is 2. The minimum Gasteiger partial charge on any atom is -0.461 e. The number of amides is 1. The minimum absolute atomic E-state index is 0.115. The van der Waals surface area contributed by atoms with Gasteiger partial charge < -0.3 is 14.6 Å². The van der Waals surface area contributed by atoms with Crippen molar-refractivity contribution < 1.29 is 24.2 Å². The van der Waals surface area contributed by atoms with E-state index in [9.17, 15) is 14.7 Å². The van der Waals surface area contributed by atoms with Gasteiger partial charge in [0.15, 0.2) is 11.5 Å². The van der Waals surface area contributed by atoms with Crippen molar-refractivity contribution in [3.63, 3.8) is 0 Å². The van der Waals surface area contributed by atoms with Gasteiger partial charge in [0.25, 0.3) is 0 Å². The first kappa shape index (κ1) is 24.0. The summed E-state index contributed by atoms with van der Waals surface area (Å²) in [5.74, 6) is 5.03. The summed E-state index contributed by atoms with van der Waals surface area (Å²) in [7, 11) is 0. The maximum Gasteiger partial charge on any atom is 0.426 e. The Morgan fingerprint density at radius 3 is 2.48 bits per heavy atom. The van der Waals surface area contributed by atoms with Crippen LogP contribution >= 0.6 is 0 Å². The number of ether oxygens (including phenoxy) is 2. The molecule has 1 aliphatic heterocycles. The van der Waals surface area contributed by atoms with Crippen LogP contribution in [0.5, 0.6) is 0 Å². The standard InChI is InChI=1S/C23H29N3O5/c1-6-8-12-15-23(29)16-18(20(27)30-7-2)24-19(17-13-10-9-11-14-17)26(23)25-21(28)31-22(3,4)5/h9-11,13-14,16,29H,6-8H2,1-5H3,(H,25,28). The number of aliphatic imine (C=N–C) groups is 1. The van der Waals surface area contributed by atoms with Crippen LogP contribution in [-0.2, 0) is 14.3 Å². The van der Waals surface area contributed by atoms with Crippen molar-refractivity contribution in [1.82, 2.24) is 10.4 Å². The van der Waals surface area contributed by atoms with Gasteiger partial charge in [-0.1, -0.05) is 43.2 Å². The summed E-state index contributed by atoms with van der Waals surface area (Å²) < 4.78 is 10.4. The maximum atomic E-state index is 12.5. The van der Waals surface area contributed by atoms with Crippen LogP contribution in [0.3, 0.4) is 0 Å². The third-order valence-corrected chi connectivity index (χ3v) is 3.88. The van der Waals surface area contributed by atoms with Crippen LogP contribution in [0.2, 0.25) is 0 Å². The second-order valence-corrected chi connectivity index (χ2v) is 7.78. The maximum absolute atomic E-state index is 12.5. The third-order valence-electron chi connectivity index (χ3n) is 3.88. The first-order chi connectivity index (χ1) is 14.6. The molecule has 1 atom stereocenters. The monoisotopic (exact) mass is 427 g/mol. The highest BCUT2D eigenvalue weighted by atomic mass is 16.6. The van der Waals surface area contributed by atoms with E-state index < -0.39 is 23.4 Å². The molecular weight excluding hydrogens is 398 g/mol. The van der Waals surface area contributed by atoms with Crippen molar-refractivity contribution in [1.29, 1.82) is 0 Å². The van der Waals surface area contributed by atoms with E-state index in [0.29, 0.717) is 12.0 Å². The number of benzene rings is 1. The van der Waals surface area contributed by atoms with E-state index in [4.69, 9.17) is 9.47 Å². The number of carbonyl (C=O) groups is 2. The largest absolute Gasteiger partial charge is 0.461 e. The Hall–Kier alpha value is -3.31. The summed E-state index contributed by atoms with van der Waals surface area (Å²) in [4.78, 5) is 29.3. The lowest BCUT2D eigenvalue weighted by atomic mass is 10.1. The van der Waals surface area contributed by atoms with Crippen molar-refractivity contribution in [2.24, 2.45) is 4.99 Å². The average Bonchev–Trinajstić information content (AvgIpc) is 2.69. The van der Waals surface area contributed by atoms with Crippen LogP contribution in [0, 0.1) is 11.8 Å². The Balaban J connectivity index is 2.59. The number of rotatable bonds is 5. The molecule has 2 rings (SSSR count). The van der Waals surface area contributed by atoms with Crippen LogP contribution in [0.4, 0.5) is 4.79 Å². The molecular formula is C23H29N3O5. The molecule has 1 unspecified atom stereocenters. The van der Waals surface area contributed by atoms with Gasteiger partial charge in [-0.15, -0.1) is 0 Å². The first-order valence-electron chi connectivity index (χ1n) is 10.2. The zero-order valence-corrected chi connectivity index (χ0v) is 18.6. The van der Waals surface area contributed by atoms with E-state index in [2.05, 4.69) is 22.3 Å².